The van der Waals surface area contributed by atoms with Crippen LogP contribution in [0.5, 0.6) is 0 Å². The van der Waals surface area contributed by atoms with E-state index in [0.29, 0.717) is 0 Å². The van der Waals surface area contributed by atoms with Crippen molar-refractivity contribution in [3.8, 4) is 0 Å². The molecule has 2 rings (SSSR count). The zero-order valence-corrected chi connectivity index (χ0v) is 11.5. The maximum Gasteiger partial charge on any atom is 0.237 e. The Morgan fingerprint density at radius 3 is 3.06 bits per heavy atom. The maximum atomic E-state index is 11.9. The molecule has 1 N–H and O–H groups in total. The third kappa shape index (κ3) is 2.80. The molecule has 1 heterocycles. The van der Waals surface area contributed by atoms with Crippen molar-refractivity contribution in [2.24, 2.45) is 0 Å². The topological polar surface area (TPSA) is 29.1 Å². The number of carbonyl (C=O) groups is 1. The van der Waals surface area contributed by atoms with E-state index in [1.54, 1.807) is 11.8 Å². The van der Waals surface area contributed by atoms with Crippen LogP contribution >= 0.6 is 27.7 Å². The quantitative estimate of drug-likeness (QED) is 0.904. The lowest BCUT2D eigenvalue weighted by Crippen LogP contribution is -2.23. The molecule has 1 atom stereocenters. The molecule has 0 spiro atoms. The SMILES string of the molecule is Cc1ccc(Br)cc1NC(=O)C1CCCS1. The van der Waals surface area contributed by atoms with E-state index in [-0.39, 0.29) is 11.2 Å². The minimum atomic E-state index is 0.137. The Balaban J connectivity index is 2.07. The Labute approximate surface area is 108 Å². The van der Waals surface area contributed by atoms with Crippen LogP contribution in [0.15, 0.2) is 22.7 Å². The van der Waals surface area contributed by atoms with Crippen molar-refractivity contribution in [2.45, 2.75) is 25.0 Å². The molecule has 1 aromatic rings. The van der Waals surface area contributed by atoms with Gasteiger partial charge in [-0.15, -0.1) is 11.8 Å². The highest BCUT2D eigenvalue weighted by Gasteiger charge is 2.23. The maximum absolute atomic E-state index is 11.9. The lowest BCUT2D eigenvalue weighted by atomic mass is 10.2. The fraction of sp³-hybridized carbons (Fsp3) is 0.417. The number of benzene rings is 1. The molecular formula is C12H14BrNOS. The number of anilines is 1. The summed E-state index contributed by atoms with van der Waals surface area (Å²) in [6.07, 6.45) is 2.16. The second-order valence-electron chi connectivity index (χ2n) is 3.95. The minimum absolute atomic E-state index is 0.137. The van der Waals surface area contributed by atoms with Crippen molar-refractivity contribution in [3.63, 3.8) is 0 Å². The highest BCUT2D eigenvalue weighted by atomic mass is 79.9. The van der Waals surface area contributed by atoms with Crippen molar-refractivity contribution in [1.29, 1.82) is 0 Å². The van der Waals surface area contributed by atoms with Gasteiger partial charge in [-0.1, -0.05) is 22.0 Å². The lowest BCUT2D eigenvalue weighted by Gasteiger charge is -2.12. The summed E-state index contributed by atoms with van der Waals surface area (Å²) in [5.41, 5.74) is 2.01. The summed E-state index contributed by atoms with van der Waals surface area (Å²) >= 11 is 5.17. The number of carbonyl (C=O) groups excluding carboxylic acids is 1. The van der Waals surface area contributed by atoms with Crippen LogP contribution in [-0.4, -0.2) is 16.9 Å². The Kier molecular flexibility index (Phi) is 3.92. The van der Waals surface area contributed by atoms with E-state index >= 15 is 0 Å². The van der Waals surface area contributed by atoms with E-state index < -0.39 is 0 Å². The van der Waals surface area contributed by atoms with Gasteiger partial charge in [0.05, 0.1) is 5.25 Å². The summed E-state index contributed by atoms with van der Waals surface area (Å²) < 4.78 is 0.993. The fourth-order valence-electron chi connectivity index (χ4n) is 1.73. The van der Waals surface area contributed by atoms with E-state index in [1.807, 2.05) is 25.1 Å². The first-order valence-corrected chi connectivity index (χ1v) is 7.19. The molecular weight excluding hydrogens is 286 g/mol. The molecule has 1 amide bonds. The normalized spacial score (nSPS) is 19.8. The van der Waals surface area contributed by atoms with E-state index in [4.69, 9.17) is 0 Å². The molecule has 1 aromatic carbocycles. The van der Waals surface area contributed by atoms with Crippen LogP contribution in [0.25, 0.3) is 0 Å². The number of hydrogen-bond acceptors (Lipinski definition) is 2. The summed E-state index contributed by atoms with van der Waals surface area (Å²) in [4.78, 5) is 11.9. The van der Waals surface area contributed by atoms with Gasteiger partial charge in [-0.2, -0.15) is 0 Å². The molecule has 0 bridgehead atoms. The minimum Gasteiger partial charge on any atom is -0.325 e. The van der Waals surface area contributed by atoms with Gasteiger partial charge in [-0.05, 0) is 43.2 Å². The predicted molar refractivity (Wildman–Crippen MR) is 73.0 cm³/mol. The second-order valence-corrected chi connectivity index (χ2v) is 6.18. The van der Waals surface area contributed by atoms with Crippen LogP contribution in [0.1, 0.15) is 18.4 Å². The van der Waals surface area contributed by atoms with Crippen LogP contribution < -0.4 is 5.32 Å². The average molecular weight is 300 g/mol. The summed E-state index contributed by atoms with van der Waals surface area (Å²) in [5, 5.41) is 3.14. The van der Waals surface area contributed by atoms with Gasteiger partial charge in [0.1, 0.15) is 0 Å². The van der Waals surface area contributed by atoms with Gasteiger partial charge in [0.25, 0.3) is 0 Å². The van der Waals surface area contributed by atoms with Crippen molar-refractivity contribution in [2.75, 3.05) is 11.1 Å². The number of hydrogen-bond donors (Lipinski definition) is 1. The molecule has 0 aliphatic carbocycles. The van der Waals surface area contributed by atoms with Crippen LogP contribution in [0.2, 0.25) is 0 Å². The highest BCUT2D eigenvalue weighted by molar-refractivity contribution is 9.10. The molecule has 2 nitrogen and oxygen atoms in total. The first kappa shape index (κ1) is 12.0. The third-order valence-electron chi connectivity index (χ3n) is 2.68. The Hall–Kier alpha value is -0.480. The van der Waals surface area contributed by atoms with Gasteiger partial charge in [-0.25, -0.2) is 0 Å². The Morgan fingerprint density at radius 2 is 2.38 bits per heavy atom. The lowest BCUT2D eigenvalue weighted by molar-refractivity contribution is -0.115. The van der Waals surface area contributed by atoms with Gasteiger partial charge in [0.15, 0.2) is 0 Å². The van der Waals surface area contributed by atoms with E-state index in [9.17, 15) is 4.79 Å². The van der Waals surface area contributed by atoms with Crippen molar-refractivity contribution in [3.05, 3.63) is 28.2 Å². The van der Waals surface area contributed by atoms with Crippen molar-refractivity contribution >= 4 is 39.3 Å². The van der Waals surface area contributed by atoms with Gasteiger partial charge in [0, 0.05) is 10.2 Å². The number of aryl methyl sites for hydroxylation is 1. The summed E-state index contributed by atoms with van der Waals surface area (Å²) in [6, 6.07) is 5.93. The zero-order valence-electron chi connectivity index (χ0n) is 9.13. The van der Waals surface area contributed by atoms with Gasteiger partial charge >= 0.3 is 0 Å². The van der Waals surface area contributed by atoms with E-state index in [2.05, 4.69) is 21.2 Å². The van der Waals surface area contributed by atoms with Gasteiger partial charge in [-0.3, -0.25) is 4.79 Å². The summed E-state index contributed by atoms with van der Waals surface area (Å²) in [7, 11) is 0. The van der Waals surface area contributed by atoms with Crippen LogP contribution in [0, 0.1) is 6.92 Å². The van der Waals surface area contributed by atoms with E-state index in [0.717, 1.165) is 34.3 Å². The summed E-state index contributed by atoms with van der Waals surface area (Å²) in [6.45, 7) is 2.00. The monoisotopic (exact) mass is 299 g/mol. The molecule has 1 fully saturated rings. The average Bonchev–Trinajstić information content (AvgIpc) is 2.76. The Bertz CT molecular complexity index is 402. The molecule has 4 heteroatoms. The molecule has 0 saturated carbocycles. The molecule has 1 aliphatic rings. The Morgan fingerprint density at radius 1 is 1.56 bits per heavy atom. The molecule has 16 heavy (non-hydrogen) atoms. The first-order chi connectivity index (χ1) is 7.66. The van der Waals surface area contributed by atoms with Crippen LogP contribution in [-0.2, 0) is 4.79 Å². The number of rotatable bonds is 2. The first-order valence-electron chi connectivity index (χ1n) is 5.35. The number of nitrogens with one attached hydrogen (secondary N) is 1. The van der Waals surface area contributed by atoms with Gasteiger partial charge in [0.2, 0.25) is 5.91 Å². The zero-order chi connectivity index (χ0) is 11.5. The molecule has 1 aliphatic heterocycles. The molecule has 0 aromatic heterocycles. The molecule has 0 radical (unpaired) electrons. The smallest absolute Gasteiger partial charge is 0.237 e. The molecule has 86 valence electrons. The summed E-state index contributed by atoms with van der Waals surface area (Å²) in [5.74, 6) is 1.25. The number of halogens is 1. The standard InChI is InChI=1S/C12H14BrNOS/c1-8-4-5-9(13)7-10(8)14-12(15)11-3-2-6-16-11/h4-5,7,11H,2-3,6H2,1H3,(H,14,15). The largest absolute Gasteiger partial charge is 0.325 e. The molecule has 1 saturated heterocycles. The highest BCUT2D eigenvalue weighted by Crippen LogP contribution is 2.28. The van der Waals surface area contributed by atoms with Crippen molar-refractivity contribution < 1.29 is 4.79 Å². The van der Waals surface area contributed by atoms with Gasteiger partial charge < -0.3 is 5.32 Å². The third-order valence-corrected chi connectivity index (χ3v) is 4.55. The predicted octanol–water partition coefficient (Wildman–Crippen LogP) is 3.59. The number of thioether (sulfide) groups is 1. The van der Waals surface area contributed by atoms with E-state index in [1.165, 1.54) is 0 Å². The second kappa shape index (κ2) is 5.23. The van der Waals surface area contributed by atoms with Crippen molar-refractivity contribution in [1.82, 2.24) is 0 Å². The number of amides is 1. The van der Waals surface area contributed by atoms with Crippen LogP contribution in [0.4, 0.5) is 5.69 Å². The van der Waals surface area contributed by atoms with Crippen LogP contribution in [0.3, 0.4) is 0 Å². The molecule has 1 unspecified atom stereocenters. The fourth-order valence-corrected chi connectivity index (χ4v) is 3.25.